The van der Waals surface area contributed by atoms with Crippen LogP contribution in [0.2, 0.25) is 10.0 Å². The zero-order chi connectivity index (χ0) is 15.6. The van der Waals surface area contributed by atoms with E-state index >= 15 is 0 Å². The van der Waals surface area contributed by atoms with Crippen LogP contribution in [0.25, 0.3) is 0 Å². The lowest BCUT2D eigenvalue weighted by atomic mass is 10.3. The molecule has 2 rings (SSSR count). The van der Waals surface area contributed by atoms with Gasteiger partial charge in [0, 0.05) is 19.0 Å². The lowest BCUT2D eigenvalue weighted by Gasteiger charge is -2.19. The minimum Gasteiger partial charge on any atom is -0.324 e. The number of benzene rings is 1. The monoisotopic (exact) mass is 350 g/mol. The van der Waals surface area contributed by atoms with E-state index in [0.29, 0.717) is 15.7 Å². The number of hydrogen-bond acceptors (Lipinski definition) is 3. The van der Waals surface area contributed by atoms with Crippen LogP contribution in [0.4, 0.5) is 5.69 Å². The second-order valence-electron chi connectivity index (χ2n) is 5.00. The van der Waals surface area contributed by atoms with E-state index in [1.54, 1.807) is 18.2 Å². The molecule has 0 atom stereocenters. The second kappa shape index (κ2) is 6.52. The fourth-order valence-electron chi connectivity index (χ4n) is 2.01. The fraction of sp³-hybridized carbons (Fsp3) is 0.462. The molecule has 0 saturated heterocycles. The smallest absolute Gasteiger partial charge is 0.225 e. The van der Waals surface area contributed by atoms with E-state index < -0.39 is 10.0 Å². The summed E-state index contributed by atoms with van der Waals surface area (Å²) < 4.78 is 24.7. The summed E-state index contributed by atoms with van der Waals surface area (Å²) in [6, 6.07) is 4.96. The van der Waals surface area contributed by atoms with Crippen molar-refractivity contribution in [3.8, 4) is 0 Å². The highest BCUT2D eigenvalue weighted by molar-refractivity contribution is 7.88. The van der Waals surface area contributed by atoms with E-state index in [4.69, 9.17) is 23.2 Å². The Kier molecular flexibility index (Phi) is 5.14. The third-order valence-corrected chi connectivity index (χ3v) is 5.13. The van der Waals surface area contributed by atoms with Gasteiger partial charge in [-0.05, 0) is 25.0 Å². The lowest BCUT2D eigenvalue weighted by Crippen LogP contribution is -2.34. The summed E-state index contributed by atoms with van der Waals surface area (Å²) in [5, 5.41) is 3.31. The van der Waals surface area contributed by atoms with Gasteiger partial charge in [-0.2, -0.15) is 4.31 Å². The number of hydrogen-bond donors (Lipinski definition) is 1. The van der Waals surface area contributed by atoms with Crippen LogP contribution in [0.1, 0.15) is 19.3 Å². The molecule has 0 bridgehead atoms. The molecule has 1 aliphatic rings. The Balaban J connectivity index is 1.96. The molecule has 0 unspecified atom stereocenters. The van der Waals surface area contributed by atoms with Crippen LogP contribution in [0, 0.1) is 0 Å². The molecule has 0 aliphatic heterocycles. The molecule has 1 fully saturated rings. The topological polar surface area (TPSA) is 66.5 Å². The first-order chi connectivity index (χ1) is 9.79. The van der Waals surface area contributed by atoms with Crippen molar-refractivity contribution < 1.29 is 13.2 Å². The standard InChI is InChI=1S/C13H16Cl2N2O3S/c1-21(19,20)17(9-5-6-9)8-7-12(18)16-13-10(14)3-2-4-11(13)15/h2-4,9H,5-8H2,1H3,(H,16,18). The molecule has 5 nitrogen and oxygen atoms in total. The summed E-state index contributed by atoms with van der Waals surface area (Å²) in [6.07, 6.45) is 2.93. The van der Waals surface area contributed by atoms with Gasteiger partial charge < -0.3 is 5.32 Å². The van der Waals surface area contributed by atoms with Crippen LogP contribution in [0.15, 0.2) is 18.2 Å². The number of carbonyl (C=O) groups is 1. The Morgan fingerprint density at radius 3 is 2.38 bits per heavy atom. The Hall–Kier alpha value is -0.820. The van der Waals surface area contributed by atoms with Gasteiger partial charge in [-0.25, -0.2) is 8.42 Å². The number of amides is 1. The maximum absolute atomic E-state index is 11.9. The summed E-state index contributed by atoms with van der Waals surface area (Å²) >= 11 is 11.9. The molecule has 1 amide bonds. The molecule has 116 valence electrons. The Bertz CT molecular complexity index is 625. The normalized spacial score (nSPS) is 15.2. The van der Waals surface area contributed by atoms with E-state index in [-0.39, 0.29) is 24.9 Å². The van der Waals surface area contributed by atoms with Gasteiger partial charge in [0.1, 0.15) is 0 Å². The van der Waals surface area contributed by atoms with E-state index in [9.17, 15) is 13.2 Å². The van der Waals surface area contributed by atoms with Crippen LogP contribution in [0.5, 0.6) is 0 Å². The van der Waals surface area contributed by atoms with E-state index in [1.807, 2.05) is 0 Å². The molecule has 1 saturated carbocycles. The average Bonchev–Trinajstić information content (AvgIpc) is 3.17. The summed E-state index contributed by atoms with van der Waals surface area (Å²) in [5.74, 6) is -0.320. The Morgan fingerprint density at radius 2 is 1.90 bits per heavy atom. The lowest BCUT2D eigenvalue weighted by molar-refractivity contribution is -0.116. The van der Waals surface area contributed by atoms with Gasteiger partial charge in [-0.15, -0.1) is 0 Å². The van der Waals surface area contributed by atoms with Crippen molar-refractivity contribution in [3.05, 3.63) is 28.2 Å². The zero-order valence-electron chi connectivity index (χ0n) is 11.5. The fourth-order valence-corrected chi connectivity index (χ4v) is 3.68. The number of rotatable bonds is 6. The quantitative estimate of drug-likeness (QED) is 0.857. The molecular weight excluding hydrogens is 335 g/mol. The molecule has 1 aliphatic carbocycles. The minimum absolute atomic E-state index is 0.0386. The summed E-state index contributed by atoms with van der Waals surface area (Å²) in [4.78, 5) is 11.9. The highest BCUT2D eigenvalue weighted by Crippen LogP contribution is 2.31. The number of para-hydroxylation sites is 1. The van der Waals surface area contributed by atoms with Crippen LogP contribution in [-0.2, 0) is 14.8 Å². The number of sulfonamides is 1. The van der Waals surface area contributed by atoms with Gasteiger partial charge in [0.25, 0.3) is 0 Å². The third kappa shape index (κ3) is 4.57. The summed E-state index contributed by atoms with van der Waals surface area (Å²) in [5.41, 5.74) is 0.350. The van der Waals surface area contributed by atoms with E-state index in [2.05, 4.69) is 5.32 Å². The summed E-state index contributed by atoms with van der Waals surface area (Å²) in [7, 11) is -3.29. The number of nitrogens with zero attached hydrogens (tertiary/aromatic N) is 1. The van der Waals surface area contributed by atoms with Crippen LogP contribution >= 0.6 is 23.2 Å². The van der Waals surface area contributed by atoms with Gasteiger partial charge in [0.15, 0.2) is 0 Å². The molecule has 0 radical (unpaired) electrons. The highest BCUT2D eigenvalue weighted by Gasteiger charge is 2.34. The van der Waals surface area contributed by atoms with Gasteiger partial charge in [-0.3, -0.25) is 4.79 Å². The van der Waals surface area contributed by atoms with E-state index in [0.717, 1.165) is 19.1 Å². The zero-order valence-corrected chi connectivity index (χ0v) is 13.8. The van der Waals surface area contributed by atoms with Crippen molar-refractivity contribution in [1.82, 2.24) is 4.31 Å². The van der Waals surface area contributed by atoms with Crippen molar-refractivity contribution >= 4 is 44.8 Å². The van der Waals surface area contributed by atoms with Crippen LogP contribution in [-0.4, -0.2) is 37.5 Å². The Morgan fingerprint density at radius 1 is 1.33 bits per heavy atom. The molecule has 1 N–H and O–H groups in total. The first-order valence-corrected chi connectivity index (χ1v) is 9.10. The number of anilines is 1. The molecule has 21 heavy (non-hydrogen) atoms. The second-order valence-corrected chi connectivity index (χ2v) is 7.75. The predicted octanol–water partition coefficient (Wildman–Crippen LogP) is 2.75. The molecule has 0 spiro atoms. The molecular formula is C13H16Cl2N2O3S. The van der Waals surface area contributed by atoms with Crippen LogP contribution in [0.3, 0.4) is 0 Å². The maximum atomic E-state index is 11.9. The largest absolute Gasteiger partial charge is 0.324 e. The van der Waals surface area contributed by atoms with E-state index in [1.165, 1.54) is 4.31 Å². The predicted molar refractivity (Wildman–Crippen MR) is 84.3 cm³/mol. The van der Waals surface area contributed by atoms with Gasteiger partial charge in [0.05, 0.1) is 22.0 Å². The molecule has 1 aromatic carbocycles. The minimum atomic E-state index is -3.29. The number of carbonyl (C=O) groups excluding carboxylic acids is 1. The number of halogens is 2. The first kappa shape index (κ1) is 16.5. The molecule has 8 heteroatoms. The van der Waals surface area contributed by atoms with Crippen LogP contribution < -0.4 is 5.32 Å². The average molecular weight is 351 g/mol. The molecule has 1 aromatic rings. The van der Waals surface area contributed by atoms with Crippen molar-refractivity contribution in [2.24, 2.45) is 0 Å². The van der Waals surface area contributed by atoms with Gasteiger partial charge >= 0.3 is 0 Å². The SMILES string of the molecule is CS(=O)(=O)N(CCC(=O)Nc1c(Cl)cccc1Cl)C1CC1. The van der Waals surface area contributed by atoms with Crippen molar-refractivity contribution in [3.63, 3.8) is 0 Å². The highest BCUT2D eigenvalue weighted by atomic mass is 35.5. The first-order valence-electron chi connectivity index (χ1n) is 6.49. The van der Waals surface area contributed by atoms with Crippen molar-refractivity contribution in [2.75, 3.05) is 18.1 Å². The van der Waals surface area contributed by atoms with Crippen molar-refractivity contribution in [1.29, 1.82) is 0 Å². The van der Waals surface area contributed by atoms with Gasteiger partial charge in [-0.1, -0.05) is 29.3 Å². The number of nitrogens with one attached hydrogen (secondary N) is 1. The Labute approximate surface area is 134 Å². The van der Waals surface area contributed by atoms with Gasteiger partial charge in [0.2, 0.25) is 15.9 Å². The summed E-state index contributed by atoms with van der Waals surface area (Å²) in [6.45, 7) is 0.164. The maximum Gasteiger partial charge on any atom is 0.225 e. The van der Waals surface area contributed by atoms with Crippen molar-refractivity contribution in [2.45, 2.75) is 25.3 Å². The molecule has 0 heterocycles. The third-order valence-electron chi connectivity index (χ3n) is 3.17. The molecule has 0 aromatic heterocycles.